The van der Waals surface area contributed by atoms with Crippen molar-refractivity contribution in [2.45, 2.75) is 83.1 Å². The Balaban J connectivity index is 1.59. The van der Waals surface area contributed by atoms with Crippen LogP contribution in [0, 0.1) is 11.8 Å². The van der Waals surface area contributed by atoms with E-state index in [-0.39, 0.29) is 30.2 Å². The second-order valence-corrected chi connectivity index (χ2v) is 7.61. The highest BCUT2D eigenvalue weighted by Gasteiger charge is 2.27. The first kappa shape index (κ1) is 19.7. The zero-order valence-electron chi connectivity index (χ0n) is 15.1. The third kappa shape index (κ3) is 7.45. The summed E-state index contributed by atoms with van der Waals surface area (Å²) in [5.41, 5.74) is 0. The van der Waals surface area contributed by atoms with E-state index in [2.05, 4.69) is 10.6 Å². The third-order valence-corrected chi connectivity index (χ3v) is 5.53. The van der Waals surface area contributed by atoms with Crippen molar-refractivity contribution in [1.29, 1.82) is 0 Å². The summed E-state index contributed by atoms with van der Waals surface area (Å²) in [5, 5.41) is 14.6. The van der Waals surface area contributed by atoms with Gasteiger partial charge in [-0.05, 0) is 50.9 Å². The minimum absolute atomic E-state index is 0.00340. The molecule has 0 heterocycles. The summed E-state index contributed by atoms with van der Waals surface area (Å²) in [6.45, 7) is 0.420. The second kappa shape index (κ2) is 10.4. The molecule has 2 amide bonds. The van der Waals surface area contributed by atoms with Crippen molar-refractivity contribution in [2.75, 3.05) is 6.54 Å². The molecule has 0 atom stereocenters. The van der Waals surface area contributed by atoms with Gasteiger partial charge in [0.25, 0.3) is 0 Å². The number of carboxylic acids is 1. The molecule has 2 saturated carbocycles. The highest BCUT2D eigenvalue weighted by atomic mass is 16.4. The number of hydrogen-bond acceptors (Lipinski definition) is 3. The number of aliphatic carboxylic acids is 1. The molecule has 2 aliphatic carbocycles. The Hall–Kier alpha value is -1.59. The predicted molar refractivity (Wildman–Crippen MR) is 95.0 cm³/mol. The molecule has 0 saturated heterocycles. The van der Waals surface area contributed by atoms with E-state index in [4.69, 9.17) is 5.11 Å². The van der Waals surface area contributed by atoms with Gasteiger partial charge in [-0.15, -0.1) is 0 Å². The second-order valence-electron chi connectivity index (χ2n) is 7.61. The topological polar surface area (TPSA) is 95.5 Å². The van der Waals surface area contributed by atoms with Gasteiger partial charge in [0.2, 0.25) is 11.8 Å². The molecule has 25 heavy (non-hydrogen) atoms. The Morgan fingerprint density at radius 3 is 2.24 bits per heavy atom. The highest BCUT2D eigenvalue weighted by molar-refractivity contribution is 5.79. The molecule has 0 bridgehead atoms. The lowest BCUT2D eigenvalue weighted by Crippen LogP contribution is -2.41. The van der Waals surface area contributed by atoms with E-state index >= 15 is 0 Å². The SMILES string of the molecule is O=C(O)CCCNC(=O)C1CCC(NC(=O)CC2CCCCC2)CC1. The summed E-state index contributed by atoms with van der Waals surface area (Å²) >= 11 is 0. The number of nitrogens with one attached hydrogen (secondary N) is 2. The summed E-state index contributed by atoms with van der Waals surface area (Å²) in [5.74, 6) is -0.0810. The van der Waals surface area contributed by atoms with Crippen molar-refractivity contribution in [1.82, 2.24) is 10.6 Å². The number of amides is 2. The first-order chi connectivity index (χ1) is 12.0. The largest absolute Gasteiger partial charge is 0.481 e. The van der Waals surface area contributed by atoms with Crippen LogP contribution in [0.4, 0.5) is 0 Å². The standard InChI is InChI=1S/C19H32N2O4/c22-17(13-14-5-2-1-3-6-14)21-16-10-8-15(9-11-16)19(25)20-12-4-7-18(23)24/h14-16H,1-13H2,(H,20,25)(H,21,22)(H,23,24). The summed E-state index contributed by atoms with van der Waals surface area (Å²) in [4.78, 5) is 34.7. The van der Waals surface area contributed by atoms with Crippen molar-refractivity contribution in [3.05, 3.63) is 0 Å². The lowest BCUT2D eigenvalue weighted by atomic mass is 9.84. The number of hydrogen-bond donors (Lipinski definition) is 3. The van der Waals surface area contributed by atoms with E-state index in [1.165, 1.54) is 32.1 Å². The molecule has 2 aliphatic rings. The van der Waals surface area contributed by atoms with Crippen LogP contribution in [-0.2, 0) is 14.4 Å². The summed E-state index contributed by atoms with van der Waals surface area (Å²) in [6.07, 6.45) is 10.7. The summed E-state index contributed by atoms with van der Waals surface area (Å²) in [7, 11) is 0. The Labute approximate surface area is 150 Å². The summed E-state index contributed by atoms with van der Waals surface area (Å²) in [6, 6.07) is 0.201. The van der Waals surface area contributed by atoms with Crippen LogP contribution >= 0.6 is 0 Å². The van der Waals surface area contributed by atoms with Gasteiger partial charge in [-0.25, -0.2) is 0 Å². The van der Waals surface area contributed by atoms with Gasteiger partial charge in [0, 0.05) is 31.3 Å². The van der Waals surface area contributed by atoms with Crippen LogP contribution in [0.3, 0.4) is 0 Å². The van der Waals surface area contributed by atoms with Gasteiger partial charge in [0.15, 0.2) is 0 Å². The average molecular weight is 352 g/mol. The maximum absolute atomic E-state index is 12.2. The fraction of sp³-hybridized carbons (Fsp3) is 0.842. The van der Waals surface area contributed by atoms with Gasteiger partial charge in [-0.1, -0.05) is 19.3 Å². The van der Waals surface area contributed by atoms with Crippen molar-refractivity contribution < 1.29 is 19.5 Å². The van der Waals surface area contributed by atoms with Crippen LogP contribution < -0.4 is 10.6 Å². The lowest BCUT2D eigenvalue weighted by molar-refractivity contribution is -0.137. The maximum atomic E-state index is 12.2. The quantitative estimate of drug-likeness (QED) is 0.585. The smallest absolute Gasteiger partial charge is 0.303 e. The number of carbonyl (C=O) groups excluding carboxylic acids is 2. The molecule has 2 fully saturated rings. The van der Waals surface area contributed by atoms with Crippen LogP contribution in [0.15, 0.2) is 0 Å². The number of carbonyl (C=O) groups is 3. The van der Waals surface area contributed by atoms with E-state index in [1.807, 2.05) is 0 Å². The molecule has 0 aromatic carbocycles. The zero-order chi connectivity index (χ0) is 18.1. The van der Waals surface area contributed by atoms with Crippen molar-refractivity contribution in [3.63, 3.8) is 0 Å². The first-order valence-electron chi connectivity index (χ1n) is 9.83. The maximum Gasteiger partial charge on any atom is 0.303 e. The third-order valence-electron chi connectivity index (χ3n) is 5.53. The molecular formula is C19H32N2O4. The van der Waals surface area contributed by atoms with Gasteiger partial charge < -0.3 is 15.7 Å². The predicted octanol–water partition coefficient (Wildman–Crippen LogP) is 2.61. The molecule has 0 aromatic heterocycles. The van der Waals surface area contributed by atoms with Gasteiger partial charge in [-0.2, -0.15) is 0 Å². The average Bonchev–Trinajstić information content (AvgIpc) is 2.60. The summed E-state index contributed by atoms with van der Waals surface area (Å²) < 4.78 is 0. The van der Waals surface area contributed by atoms with Crippen LogP contribution in [0.1, 0.15) is 77.0 Å². The van der Waals surface area contributed by atoms with Crippen LogP contribution in [0.5, 0.6) is 0 Å². The number of rotatable bonds is 8. The molecule has 0 radical (unpaired) electrons. The monoisotopic (exact) mass is 352 g/mol. The molecule has 6 nitrogen and oxygen atoms in total. The molecule has 6 heteroatoms. The van der Waals surface area contributed by atoms with Gasteiger partial charge >= 0.3 is 5.97 Å². The van der Waals surface area contributed by atoms with E-state index in [0.717, 1.165) is 25.7 Å². The van der Waals surface area contributed by atoms with E-state index in [1.54, 1.807) is 0 Å². The molecule has 3 N–H and O–H groups in total. The van der Waals surface area contributed by atoms with E-state index in [0.29, 0.717) is 25.3 Å². The first-order valence-corrected chi connectivity index (χ1v) is 9.83. The van der Waals surface area contributed by atoms with E-state index < -0.39 is 5.97 Å². The van der Waals surface area contributed by atoms with Crippen molar-refractivity contribution >= 4 is 17.8 Å². The molecular weight excluding hydrogens is 320 g/mol. The Bertz CT molecular complexity index is 452. The molecule has 142 valence electrons. The van der Waals surface area contributed by atoms with Crippen LogP contribution in [0.25, 0.3) is 0 Å². The molecule has 0 aromatic rings. The molecule has 0 unspecified atom stereocenters. The normalized spacial score (nSPS) is 24.5. The molecule has 0 aliphatic heterocycles. The van der Waals surface area contributed by atoms with Crippen molar-refractivity contribution in [2.24, 2.45) is 11.8 Å². The van der Waals surface area contributed by atoms with Crippen LogP contribution in [0.2, 0.25) is 0 Å². The van der Waals surface area contributed by atoms with Crippen LogP contribution in [-0.4, -0.2) is 35.5 Å². The number of carboxylic acid groups (broad SMARTS) is 1. The molecule has 2 rings (SSSR count). The zero-order valence-corrected chi connectivity index (χ0v) is 15.1. The minimum Gasteiger partial charge on any atom is -0.481 e. The molecule has 0 spiro atoms. The van der Waals surface area contributed by atoms with E-state index in [9.17, 15) is 14.4 Å². The Kier molecular flexibility index (Phi) is 8.22. The highest BCUT2D eigenvalue weighted by Crippen LogP contribution is 2.27. The lowest BCUT2D eigenvalue weighted by Gasteiger charge is -2.29. The van der Waals surface area contributed by atoms with Crippen molar-refractivity contribution in [3.8, 4) is 0 Å². The fourth-order valence-electron chi connectivity index (χ4n) is 4.04. The Morgan fingerprint density at radius 2 is 1.60 bits per heavy atom. The van der Waals surface area contributed by atoms with Gasteiger partial charge in [0.1, 0.15) is 0 Å². The fourth-order valence-corrected chi connectivity index (χ4v) is 4.04. The Morgan fingerprint density at radius 1 is 0.920 bits per heavy atom. The van der Waals surface area contributed by atoms with Gasteiger partial charge in [0.05, 0.1) is 0 Å². The minimum atomic E-state index is -0.835. The van der Waals surface area contributed by atoms with Gasteiger partial charge in [-0.3, -0.25) is 14.4 Å².